The van der Waals surface area contributed by atoms with Crippen molar-refractivity contribution in [3.05, 3.63) is 35.8 Å². The molecule has 2 aromatic heterocycles. The average molecular weight is 356 g/mol. The molecule has 1 unspecified atom stereocenters. The average Bonchev–Trinajstić information content (AvgIpc) is 3.21. The molecule has 0 aliphatic heterocycles. The Bertz CT molecular complexity index is 853. The molecule has 0 bridgehead atoms. The number of aromatic nitrogens is 5. The third kappa shape index (κ3) is 3.91. The maximum Gasteiger partial charge on any atom is 0.280 e. The summed E-state index contributed by atoms with van der Waals surface area (Å²) in [4.78, 5) is 4.43. The van der Waals surface area contributed by atoms with Crippen LogP contribution in [0.4, 0.5) is 0 Å². The smallest absolute Gasteiger partial charge is 0.280 e. The summed E-state index contributed by atoms with van der Waals surface area (Å²) in [5, 5.41) is 15.6. The van der Waals surface area contributed by atoms with Crippen molar-refractivity contribution in [1.29, 1.82) is 0 Å². The Morgan fingerprint density at radius 2 is 1.92 bits per heavy atom. The molecule has 1 N–H and O–H groups in total. The van der Waals surface area contributed by atoms with Crippen molar-refractivity contribution in [3.8, 4) is 23.0 Å². The highest BCUT2D eigenvalue weighted by Gasteiger charge is 2.19. The molecule has 0 saturated carbocycles. The van der Waals surface area contributed by atoms with Gasteiger partial charge in [-0.15, -0.1) is 5.10 Å². The quantitative estimate of drug-likeness (QED) is 0.695. The summed E-state index contributed by atoms with van der Waals surface area (Å²) in [6, 6.07) is 7.98. The minimum atomic E-state index is 0.137. The van der Waals surface area contributed by atoms with Crippen LogP contribution in [0, 0.1) is 6.92 Å². The van der Waals surface area contributed by atoms with E-state index in [1.54, 1.807) is 4.68 Å². The number of hydrogen-bond acceptors (Lipinski definition) is 7. The summed E-state index contributed by atoms with van der Waals surface area (Å²) >= 11 is 0. The van der Waals surface area contributed by atoms with Gasteiger partial charge >= 0.3 is 0 Å². The number of rotatable bonds is 7. The van der Waals surface area contributed by atoms with E-state index in [4.69, 9.17) is 9.26 Å². The lowest BCUT2D eigenvalue weighted by Crippen LogP contribution is -2.24. The zero-order valence-electron chi connectivity index (χ0n) is 15.7. The second kappa shape index (κ2) is 7.65. The molecule has 0 saturated heterocycles. The predicted octanol–water partition coefficient (Wildman–Crippen LogP) is 2.56. The molecule has 26 heavy (non-hydrogen) atoms. The molecule has 1 atom stereocenters. The van der Waals surface area contributed by atoms with Crippen molar-refractivity contribution in [2.24, 2.45) is 0 Å². The number of hydrogen-bond donors (Lipinski definition) is 1. The second-order valence-electron chi connectivity index (χ2n) is 6.51. The van der Waals surface area contributed by atoms with Crippen LogP contribution in [0.2, 0.25) is 0 Å². The Hall–Kier alpha value is -2.74. The third-order valence-corrected chi connectivity index (χ3v) is 4.00. The second-order valence-corrected chi connectivity index (χ2v) is 6.51. The van der Waals surface area contributed by atoms with Gasteiger partial charge in [0.05, 0.1) is 17.5 Å². The molecule has 138 valence electrons. The van der Waals surface area contributed by atoms with Crippen molar-refractivity contribution in [1.82, 2.24) is 30.5 Å². The lowest BCUT2D eigenvalue weighted by molar-refractivity contribution is 0.242. The maximum absolute atomic E-state index is 5.67. The fourth-order valence-electron chi connectivity index (χ4n) is 2.52. The van der Waals surface area contributed by atoms with Crippen LogP contribution in [0.5, 0.6) is 5.75 Å². The molecular formula is C18H24N6O2. The Labute approximate surface area is 152 Å². The fourth-order valence-corrected chi connectivity index (χ4v) is 2.52. The molecule has 2 heterocycles. The minimum Gasteiger partial charge on any atom is -0.491 e. The fraction of sp³-hybridized carbons (Fsp3) is 0.444. The molecule has 0 aliphatic carbocycles. The minimum absolute atomic E-state index is 0.137. The molecule has 0 aliphatic rings. The Morgan fingerprint density at radius 1 is 1.19 bits per heavy atom. The van der Waals surface area contributed by atoms with Crippen molar-refractivity contribution >= 4 is 0 Å². The van der Waals surface area contributed by atoms with Crippen molar-refractivity contribution in [2.75, 3.05) is 7.05 Å². The van der Waals surface area contributed by atoms with E-state index >= 15 is 0 Å². The normalized spacial score (nSPS) is 12.5. The number of ether oxygens (including phenoxy) is 1. The van der Waals surface area contributed by atoms with E-state index in [-0.39, 0.29) is 12.1 Å². The molecule has 8 nitrogen and oxygen atoms in total. The highest BCUT2D eigenvalue weighted by Crippen LogP contribution is 2.23. The summed E-state index contributed by atoms with van der Waals surface area (Å²) in [6.45, 7) is 7.98. The molecule has 3 rings (SSSR count). The van der Waals surface area contributed by atoms with Gasteiger partial charge in [-0.2, -0.15) is 4.98 Å². The molecule has 0 amide bonds. The first-order chi connectivity index (χ1) is 12.5. The molecule has 0 spiro atoms. The summed E-state index contributed by atoms with van der Waals surface area (Å²) in [5.74, 6) is 1.85. The zero-order valence-corrected chi connectivity index (χ0v) is 15.7. The van der Waals surface area contributed by atoms with Gasteiger partial charge in [0.15, 0.2) is 11.5 Å². The van der Waals surface area contributed by atoms with Crippen LogP contribution in [-0.2, 0) is 6.42 Å². The van der Waals surface area contributed by atoms with E-state index in [2.05, 4.69) is 32.7 Å². The summed E-state index contributed by atoms with van der Waals surface area (Å²) in [5.41, 5.74) is 2.31. The van der Waals surface area contributed by atoms with E-state index in [9.17, 15) is 0 Å². The standard InChI is InChI=1S/C18H24N6O2/c1-11(2)25-15-8-6-14(7-9-15)24-13(4)17(21-23-24)18-20-16(22-26-18)10-12(3)19-5/h6-9,11-12,19H,10H2,1-5H3. The number of nitrogens with zero attached hydrogens (tertiary/aromatic N) is 5. The van der Waals surface area contributed by atoms with Crippen molar-refractivity contribution < 1.29 is 9.26 Å². The summed E-state index contributed by atoms with van der Waals surface area (Å²) in [7, 11) is 1.90. The van der Waals surface area contributed by atoms with Gasteiger partial charge in [-0.05, 0) is 59.0 Å². The van der Waals surface area contributed by atoms with Gasteiger partial charge in [-0.25, -0.2) is 4.68 Å². The molecular weight excluding hydrogens is 332 g/mol. The Balaban J connectivity index is 1.82. The SMILES string of the molecule is CNC(C)Cc1noc(-c2nnn(-c3ccc(OC(C)C)cc3)c2C)n1. The van der Waals surface area contributed by atoms with E-state index in [1.165, 1.54) is 0 Å². The first-order valence-corrected chi connectivity index (χ1v) is 8.67. The van der Waals surface area contributed by atoms with Gasteiger partial charge < -0.3 is 14.6 Å². The highest BCUT2D eigenvalue weighted by molar-refractivity contribution is 5.51. The van der Waals surface area contributed by atoms with Crippen LogP contribution in [0.15, 0.2) is 28.8 Å². The van der Waals surface area contributed by atoms with Crippen LogP contribution in [0.1, 0.15) is 32.3 Å². The van der Waals surface area contributed by atoms with E-state index in [1.807, 2.05) is 52.1 Å². The summed E-state index contributed by atoms with van der Waals surface area (Å²) in [6.07, 6.45) is 0.822. The van der Waals surface area contributed by atoms with Crippen molar-refractivity contribution in [3.63, 3.8) is 0 Å². The molecule has 0 fully saturated rings. The van der Waals surface area contributed by atoms with Gasteiger partial charge in [-0.1, -0.05) is 10.4 Å². The molecule has 1 aromatic carbocycles. The highest BCUT2D eigenvalue weighted by atomic mass is 16.5. The Kier molecular flexibility index (Phi) is 5.32. The Morgan fingerprint density at radius 3 is 2.58 bits per heavy atom. The van der Waals surface area contributed by atoms with Crippen LogP contribution in [0.25, 0.3) is 17.3 Å². The molecule has 0 radical (unpaired) electrons. The van der Waals surface area contributed by atoms with Gasteiger partial charge in [0.2, 0.25) is 0 Å². The van der Waals surface area contributed by atoms with Gasteiger partial charge in [0.1, 0.15) is 5.75 Å². The van der Waals surface area contributed by atoms with Crippen LogP contribution < -0.4 is 10.1 Å². The van der Waals surface area contributed by atoms with Gasteiger partial charge in [0, 0.05) is 12.5 Å². The lowest BCUT2D eigenvalue weighted by atomic mass is 10.2. The van der Waals surface area contributed by atoms with E-state index in [0.29, 0.717) is 23.8 Å². The number of nitrogens with one attached hydrogen (secondary N) is 1. The third-order valence-electron chi connectivity index (χ3n) is 4.00. The van der Waals surface area contributed by atoms with Crippen LogP contribution >= 0.6 is 0 Å². The molecule has 8 heteroatoms. The zero-order chi connectivity index (χ0) is 18.7. The number of benzene rings is 1. The first-order valence-electron chi connectivity index (χ1n) is 8.67. The van der Waals surface area contributed by atoms with Crippen LogP contribution in [0.3, 0.4) is 0 Å². The van der Waals surface area contributed by atoms with Crippen molar-refractivity contribution in [2.45, 2.75) is 46.3 Å². The van der Waals surface area contributed by atoms with E-state index in [0.717, 1.165) is 17.1 Å². The van der Waals surface area contributed by atoms with Gasteiger partial charge in [0.25, 0.3) is 5.89 Å². The topological polar surface area (TPSA) is 90.9 Å². The monoisotopic (exact) mass is 356 g/mol. The predicted molar refractivity (Wildman–Crippen MR) is 97.4 cm³/mol. The lowest BCUT2D eigenvalue weighted by Gasteiger charge is -2.10. The number of likely N-dealkylation sites (N-methyl/N-ethyl adjacent to an activating group) is 1. The molecule has 3 aromatic rings. The van der Waals surface area contributed by atoms with Gasteiger partial charge in [-0.3, -0.25) is 0 Å². The maximum atomic E-state index is 5.67. The first kappa shape index (κ1) is 18.1. The summed E-state index contributed by atoms with van der Waals surface area (Å²) < 4.78 is 12.8. The largest absolute Gasteiger partial charge is 0.491 e. The van der Waals surface area contributed by atoms with Crippen LogP contribution in [-0.4, -0.2) is 44.3 Å². The van der Waals surface area contributed by atoms with E-state index < -0.39 is 0 Å².